The average Bonchev–Trinajstić information content (AvgIpc) is 2.88. The molecule has 3 aliphatic rings. The number of halogens is 3. The summed E-state index contributed by atoms with van der Waals surface area (Å²) in [5, 5.41) is 0. The normalized spacial score (nSPS) is 38.4. The number of hydrogen-bond donors (Lipinski definition) is 1. The highest BCUT2D eigenvalue weighted by Gasteiger charge is 2.65. The lowest BCUT2D eigenvalue weighted by Gasteiger charge is -2.16. The minimum absolute atomic E-state index is 0.111. The van der Waals surface area contributed by atoms with Crippen LogP contribution in [0.5, 0.6) is 0 Å². The van der Waals surface area contributed by atoms with Crippen molar-refractivity contribution in [2.24, 2.45) is 35.3 Å². The molecule has 0 spiro atoms. The van der Waals surface area contributed by atoms with E-state index in [0.29, 0.717) is 12.3 Å². The largest absolute Gasteiger partial charge is 0.416 e. The topological polar surface area (TPSA) is 26.0 Å². The first-order chi connectivity index (χ1) is 9.95. The SMILES string of the molecule is NC(Cc1ccc(C(F)(F)F)cc1)C1C2C3CCC(C3)C12. The molecule has 1 nitrogen and oxygen atoms in total. The van der Waals surface area contributed by atoms with Gasteiger partial charge in [-0.25, -0.2) is 0 Å². The van der Waals surface area contributed by atoms with E-state index >= 15 is 0 Å². The van der Waals surface area contributed by atoms with Gasteiger partial charge >= 0.3 is 6.18 Å². The molecule has 2 bridgehead atoms. The van der Waals surface area contributed by atoms with E-state index in [0.717, 1.165) is 29.2 Å². The molecule has 2 N–H and O–H groups in total. The van der Waals surface area contributed by atoms with Gasteiger partial charge in [-0.1, -0.05) is 12.1 Å². The summed E-state index contributed by atoms with van der Waals surface area (Å²) in [5.74, 6) is 4.06. The number of benzene rings is 1. The molecule has 114 valence electrons. The van der Waals surface area contributed by atoms with Crippen LogP contribution in [0.15, 0.2) is 24.3 Å². The van der Waals surface area contributed by atoms with Gasteiger partial charge < -0.3 is 5.73 Å². The summed E-state index contributed by atoms with van der Waals surface area (Å²) < 4.78 is 37.6. The van der Waals surface area contributed by atoms with Crippen molar-refractivity contribution in [3.05, 3.63) is 35.4 Å². The molecule has 1 aromatic carbocycles. The van der Waals surface area contributed by atoms with Crippen LogP contribution in [0.25, 0.3) is 0 Å². The van der Waals surface area contributed by atoms with Crippen molar-refractivity contribution in [2.45, 2.75) is 37.9 Å². The second-order valence-electron chi connectivity index (χ2n) is 7.13. The van der Waals surface area contributed by atoms with Crippen molar-refractivity contribution in [1.82, 2.24) is 0 Å². The smallest absolute Gasteiger partial charge is 0.327 e. The van der Waals surface area contributed by atoms with Gasteiger partial charge in [0.2, 0.25) is 0 Å². The van der Waals surface area contributed by atoms with Crippen molar-refractivity contribution in [3.63, 3.8) is 0 Å². The molecule has 0 heterocycles. The fourth-order valence-electron chi connectivity index (χ4n) is 5.20. The molecular weight excluding hydrogens is 275 g/mol. The van der Waals surface area contributed by atoms with Gasteiger partial charge in [-0.05, 0) is 73.0 Å². The lowest BCUT2D eigenvalue weighted by atomic mass is 9.93. The first kappa shape index (κ1) is 13.6. The number of fused-ring (bicyclic) bond motifs is 5. The number of hydrogen-bond acceptors (Lipinski definition) is 1. The summed E-state index contributed by atoms with van der Waals surface area (Å²) in [7, 11) is 0. The van der Waals surface area contributed by atoms with E-state index in [4.69, 9.17) is 5.73 Å². The molecule has 3 saturated carbocycles. The summed E-state index contributed by atoms with van der Waals surface area (Å²) in [5.41, 5.74) is 6.70. The van der Waals surface area contributed by atoms with Gasteiger partial charge in [0.1, 0.15) is 0 Å². The summed E-state index contributed by atoms with van der Waals surface area (Å²) in [6, 6.07) is 5.60. The van der Waals surface area contributed by atoms with Gasteiger partial charge in [-0.2, -0.15) is 13.2 Å². The van der Waals surface area contributed by atoms with Crippen LogP contribution >= 0.6 is 0 Å². The number of nitrogens with two attached hydrogens (primary N) is 1. The van der Waals surface area contributed by atoms with E-state index in [9.17, 15) is 13.2 Å². The highest BCUT2D eigenvalue weighted by molar-refractivity contribution is 5.26. The van der Waals surface area contributed by atoms with E-state index in [-0.39, 0.29) is 6.04 Å². The van der Waals surface area contributed by atoms with E-state index in [1.165, 1.54) is 31.4 Å². The minimum atomic E-state index is -4.26. The molecule has 5 atom stereocenters. The Labute approximate surface area is 122 Å². The maximum absolute atomic E-state index is 12.5. The Hall–Kier alpha value is -1.03. The van der Waals surface area contributed by atoms with Crippen LogP contribution in [-0.2, 0) is 12.6 Å². The quantitative estimate of drug-likeness (QED) is 0.900. The lowest BCUT2D eigenvalue weighted by Crippen LogP contribution is -2.28. The van der Waals surface area contributed by atoms with Crippen molar-refractivity contribution in [3.8, 4) is 0 Å². The third-order valence-corrected chi connectivity index (χ3v) is 6.04. The predicted molar refractivity (Wildman–Crippen MR) is 74.4 cm³/mol. The maximum atomic E-state index is 12.5. The zero-order chi connectivity index (χ0) is 14.8. The Kier molecular flexibility index (Phi) is 2.91. The highest BCUT2D eigenvalue weighted by atomic mass is 19.4. The van der Waals surface area contributed by atoms with Crippen LogP contribution in [0, 0.1) is 29.6 Å². The van der Waals surface area contributed by atoms with Crippen LogP contribution in [0.4, 0.5) is 13.2 Å². The molecule has 0 aliphatic heterocycles. The Bertz CT molecular complexity index is 520. The van der Waals surface area contributed by atoms with Crippen LogP contribution < -0.4 is 5.73 Å². The van der Waals surface area contributed by atoms with Gasteiger partial charge in [-0.3, -0.25) is 0 Å². The van der Waals surface area contributed by atoms with Gasteiger partial charge in [0, 0.05) is 6.04 Å². The van der Waals surface area contributed by atoms with E-state index < -0.39 is 11.7 Å². The molecule has 3 fully saturated rings. The molecule has 4 heteroatoms. The average molecular weight is 295 g/mol. The third kappa shape index (κ3) is 2.19. The van der Waals surface area contributed by atoms with Crippen molar-refractivity contribution in [1.29, 1.82) is 0 Å². The fourth-order valence-corrected chi connectivity index (χ4v) is 5.20. The van der Waals surface area contributed by atoms with Crippen molar-refractivity contribution < 1.29 is 13.2 Å². The number of rotatable bonds is 3. The second kappa shape index (κ2) is 4.48. The molecule has 4 rings (SSSR count). The predicted octanol–water partition coefficient (Wildman–Crippen LogP) is 3.87. The molecule has 1 aromatic rings. The second-order valence-corrected chi connectivity index (χ2v) is 7.13. The molecular formula is C17H20F3N. The van der Waals surface area contributed by atoms with Gasteiger partial charge in [0.15, 0.2) is 0 Å². The Morgan fingerprint density at radius 2 is 1.62 bits per heavy atom. The summed E-state index contributed by atoms with van der Waals surface area (Å²) >= 11 is 0. The minimum Gasteiger partial charge on any atom is -0.327 e. The van der Waals surface area contributed by atoms with Crippen LogP contribution in [0.3, 0.4) is 0 Å². The first-order valence-electron chi connectivity index (χ1n) is 7.87. The molecule has 0 amide bonds. The monoisotopic (exact) mass is 295 g/mol. The number of alkyl halides is 3. The Morgan fingerprint density at radius 1 is 1.05 bits per heavy atom. The third-order valence-electron chi connectivity index (χ3n) is 6.04. The molecule has 0 aromatic heterocycles. The molecule has 5 unspecified atom stereocenters. The maximum Gasteiger partial charge on any atom is 0.416 e. The summed E-state index contributed by atoms with van der Waals surface area (Å²) in [6.45, 7) is 0. The van der Waals surface area contributed by atoms with Gasteiger partial charge in [0.05, 0.1) is 5.56 Å². The lowest BCUT2D eigenvalue weighted by molar-refractivity contribution is -0.137. The summed E-state index contributed by atoms with van der Waals surface area (Å²) in [6.07, 6.45) is 0.589. The van der Waals surface area contributed by atoms with Crippen molar-refractivity contribution in [2.75, 3.05) is 0 Å². The molecule has 3 aliphatic carbocycles. The van der Waals surface area contributed by atoms with Gasteiger partial charge in [-0.15, -0.1) is 0 Å². The van der Waals surface area contributed by atoms with E-state index in [2.05, 4.69) is 0 Å². The Balaban J connectivity index is 1.40. The van der Waals surface area contributed by atoms with Crippen LogP contribution in [0.1, 0.15) is 30.4 Å². The molecule has 0 saturated heterocycles. The standard InChI is InChI=1S/C17H20F3N/c18-17(19,20)12-5-1-9(2-6-12)7-13(21)16-14-10-3-4-11(8-10)15(14)16/h1-2,5-6,10-11,13-16H,3-4,7-8,21H2. The highest BCUT2D eigenvalue weighted by Crippen LogP contribution is 2.70. The van der Waals surface area contributed by atoms with Crippen LogP contribution in [0.2, 0.25) is 0 Å². The Morgan fingerprint density at radius 3 is 2.14 bits per heavy atom. The zero-order valence-corrected chi connectivity index (χ0v) is 11.8. The zero-order valence-electron chi connectivity index (χ0n) is 11.8. The summed E-state index contributed by atoms with van der Waals surface area (Å²) in [4.78, 5) is 0. The van der Waals surface area contributed by atoms with Gasteiger partial charge in [0.25, 0.3) is 0 Å². The van der Waals surface area contributed by atoms with E-state index in [1.54, 1.807) is 12.1 Å². The fraction of sp³-hybridized carbons (Fsp3) is 0.647. The van der Waals surface area contributed by atoms with E-state index in [1.807, 2.05) is 0 Å². The molecule has 0 radical (unpaired) electrons. The first-order valence-corrected chi connectivity index (χ1v) is 7.87. The van der Waals surface area contributed by atoms with Crippen LogP contribution in [-0.4, -0.2) is 6.04 Å². The molecule has 21 heavy (non-hydrogen) atoms. The van der Waals surface area contributed by atoms with Crippen molar-refractivity contribution >= 4 is 0 Å².